The fourth-order valence-corrected chi connectivity index (χ4v) is 5.36. The normalized spacial score (nSPS) is 13.6. The number of hydrogen-bond acceptors (Lipinski definition) is 8. The second-order valence-corrected chi connectivity index (χ2v) is 12.9. The number of fused-ring (bicyclic) bond motifs is 2. The molecular weight excluding hydrogens is 628 g/mol. The molecule has 50 heavy (non-hydrogen) atoms. The van der Waals surface area contributed by atoms with Crippen molar-refractivity contribution in [2.75, 3.05) is 0 Å². The van der Waals surface area contributed by atoms with Crippen LogP contribution in [0.1, 0.15) is 56.7 Å². The van der Waals surface area contributed by atoms with Crippen LogP contribution in [0.4, 0.5) is 0 Å². The summed E-state index contributed by atoms with van der Waals surface area (Å²) in [7, 11) is 0. The minimum atomic E-state index is -0.853. The molecule has 2 heterocycles. The Labute approximate surface area is 292 Å². The number of para-hydroxylation sites is 4. The maximum absolute atomic E-state index is 10.7. The molecule has 0 saturated carbocycles. The van der Waals surface area contributed by atoms with E-state index in [2.05, 4.69) is 9.97 Å². The zero-order valence-electron chi connectivity index (χ0n) is 28.6. The number of oxazole rings is 2. The molecule has 2 unspecified atom stereocenters. The van der Waals surface area contributed by atoms with E-state index in [1.54, 1.807) is 0 Å². The Hall–Kier alpha value is -5.44. The third-order valence-electron chi connectivity index (χ3n) is 8.82. The monoisotopic (exact) mass is 670 g/mol. The van der Waals surface area contributed by atoms with E-state index in [1.165, 1.54) is 5.56 Å². The van der Waals surface area contributed by atoms with Crippen molar-refractivity contribution in [1.82, 2.24) is 9.97 Å². The second kappa shape index (κ2) is 15.4. The van der Waals surface area contributed by atoms with Crippen LogP contribution in [0.25, 0.3) is 22.2 Å². The minimum absolute atomic E-state index is 0.232. The number of aliphatic hydroxyl groups is 2. The summed E-state index contributed by atoms with van der Waals surface area (Å²) < 4.78 is 22.5. The van der Waals surface area contributed by atoms with E-state index in [9.17, 15) is 10.2 Å². The van der Waals surface area contributed by atoms with Crippen molar-refractivity contribution < 1.29 is 28.5 Å². The maximum Gasteiger partial charge on any atom is 0.400 e. The second-order valence-electron chi connectivity index (χ2n) is 12.9. The van der Waals surface area contributed by atoms with Crippen molar-refractivity contribution in [2.45, 2.75) is 64.1 Å². The summed E-state index contributed by atoms with van der Waals surface area (Å²) in [6, 6.07) is 40.4. The van der Waals surface area contributed by atoms with Gasteiger partial charge in [-0.1, -0.05) is 85.8 Å². The zero-order chi connectivity index (χ0) is 35.0. The highest BCUT2D eigenvalue weighted by Crippen LogP contribution is 2.29. The highest BCUT2D eigenvalue weighted by Gasteiger charge is 2.22. The molecular formula is C42H42N2O6. The van der Waals surface area contributed by atoms with Gasteiger partial charge in [0.1, 0.15) is 22.5 Å². The smallest absolute Gasteiger partial charge is 0.400 e. The summed E-state index contributed by atoms with van der Waals surface area (Å²) in [6.45, 7) is 5.72. The highest BCUT2D eigenvalue weighted by molar-refractivity contribution is 5.73. The Balaban J connectivity index is 0.000000175. The van der Waals surface area contributed by atoms with Crippen molar-refractivity contribution in [3.63, 3.8) is 0 Å². The predicted octanol–water partition coefficient (Wildman–Crippen LogP) is 10.2. The molecule has 0 saturated heterocycles. The number of benzene rings is 5. The lowest BCUT2D eigenvalue weighted by Gasteiger charge is -2.23. The number of aryl methyl sites for hydroxylation is 2. The first-order valence-corrected chi connectivity index (χ1v) is 16.9. The third kappa shape index (κ3) is 9.16. The third-order valence-corrected chi connectivity index (χ3v) is 8.82. The minimum Gasteiger partial charge on any atom is -0.411 e. The van der Waals surface area contributed by atoms with Crippen LogP contribution in [0, 0.1) is 0 Å². The lowest BCUT2D eigenvalue weighted by atomic mass is 9.89. The van der Waals surface area contributed by atoms with Crippen molar-refractivity contribution in [3.8, 4) is 23.7 Å². The Morgan fingerprint density at radius 2 is 1.00 bits per heavy atom. The van der Waals surface area contributed by atoms with Gasteiger partial charge < -0.3 is 28.5 Å². The molecule has 0 aliphatic carbocycles. The summed E-state index contributed by atoms with van der Waals surface area (Å²) in [4.78, 5) is 8.60. The lowest BCUT2D eigenvalue weighted by Crippen LogP contribution is -2.23. The average Bonchev–Trinajstić information content (AvgIpc) is 3.75. The highest BCUT2D eigenvalue weighted by atomic mass is 16.6. The molecule has 5 aromatic carbocycles. The molecule has 8 heteroatoms. The zero-order valence-corrected chi connectivity index (χ0v) is 28.6. The van der Waals surface area contributed by atoms with Gasteiger partial charge in [0, 0.05) is 0 Å². The fourth-order valence-electron chi connectivity index (χ4n) is 5.36. The Morgan fingerprint density at radius 1 is 0.560 bits per heavy atom. The molecule has 0 bridgehead atoms. The van der Waals surface area contributed by atoms with Crippen molar-refractivity contribution in [1.29, 1.82) is 0 Å². The number of aromatic nitrogens is 2. The number of ether oxygens (including phenoxy) is 2. The molecule has 2 atom stereocenters. The van der Waals surface area contributed by atoms with Crippen LogP contribution in [0.5, 0.6) is 23.7 Å². The van der Waals surface area contributed by atoms with Gasteiger partial charge in [-0.05, 0) is 111 Å². The average molecular weight is 671 g/mol. The number of nitrogens with zero attached hydrogens (tertiary/aromatic N) is 2. The number of rotatable bonds is 12. The quantitative estimate of drug-likeness (QED) is 0.132. The van der Waals surface area contributed by atoms with Gasteiger partial charge in [0.25, 0.3) is 0 Å². The van der Waals surface area contributed by atoms with Crippen LogP contribution < -0.4 is 9.47 Å². The van der Waals surface area contributed by atoms with E-state index in [1.807, 2.05) is 148 Å². The van der Waals surface area contributed by atoms with Crippen LogP contribution in [0.2, 0.25) is 0 Å². The molecule has 0 radical (unpaired) electrons. The first-order chi connectivity index (χ1) is 24.2. The largest absolute Gasteiger partial charge is 0.411 e. The van der Waals surface area contributed by atoms with Crippen LogP contribution in [0.3, 0.4) is 0 Å². The Kier molecular flexibility index (Phi) is 10.6. The van der Waals surface area contributed by atoms with Crippen LogP contribution in [0.15, 0.2) is 136 Å². The van der Waals surface area contributed by atoms with Gasteiger partial charge >= 0.3 is 12.2 Å². The fraction of sp³-hybridized carbons (Fsp3) is 0.238. The van der Waals surface area contributed by atoms with Crippen molar-refractivity contribution in [3.05, 3.63) is 144 Å². The van der Waals surface area contributed by atoms with E-state index in [-0.39, 0.29) is 12.2 Å². The van der Waals surface area contributed by atoms with E-state index in [4.69, 9.17) is 18.3 Å². The van der Waals surface area contributed by atoms with Gasteiger partial charge in [-0.2, -0.15) is 9.97 Å². The molecule has 7 rings (SSSR count). The molecule has 0 amide bonds. The van der Waals surface area contributed by atoms with Gasteiger partial charge in [0.15, 0.2) is 11.2 Å². The first kappa shape index (κ1) is 34.4. The van der Waals surface area contributed by atoms with Crippen LogP contribution >= 0.6 is 0 Å². The molecule has 8 nitrogen and oxygen atoms in total. The van der Waals surface area contributed by atoms with E-state index in [0.717, 1.165) is 47.8 Å². The van der Waals surface area contributed by atoms with Gasteiger partial charge in [-0.3, -0.25) is 0 Å². The summed E-state index contributed by atoms with van der Waals surface area (Å²) >= 11 is 0. The molecule has 2 N–H and O–H groups in total. The van der Waals surface area contributed by atoms with Gasteiger partial charge in [-0.15, -0.1) is 0 Å². The van der Waals surface area contributed by atoms with Crippen LogP contribution in [-0.2, 0) is 18.4 Å². The Bertz CT molecular complexity index is 2030. The SMILES string of the molecule is CC(O)(CCc1ccc(Oc2nc3ccccc3o2)cc1)c1ccccc1.CCC(C)(O)CCc1ccc(Oc2nc3ccccc3o2)cc1. The first-order valence-electron chi connectivity index (χ1n) is 16.9. The molecule has 0 fully saturated rings. The predicted molar refractivity (Wildman–Crippen MR) is 195 cm³/mol. The van der Waals surface area contributed by atoms with E-state index in [0.29, 0.717) is 29.1 Å². The van der Waals surface area contributed by atoms with Crippen molar-refractivity contribution >= 4 is 22.2 Å². The lowest BCUT2D eigenvalue weighted by molar-refractivity contribution is 0.0471. The van der Waals surface area contributed by atoms with E-state index >= 15 is 0 Å². The summed E-state index contributed by atoms with van der Waals surface area (Å²) in [5, 5.41) is 20.8. The summed E-state index contributed by atoms with van der Waals surface area (Å²) in [6.07, 6.45) is 4.22. The molecule has 2 aromatic heterocycles. The van der Waals surface area contributed by atoms with Gasteiger partial charge in [0.05, 0.1) is 11.2 Å². The number of hydrogen-bond donors (Lipinski definition) is 2. The molecule has 0 aliphatic heterocycles. The van der Waals surface area contributed by atoms with Gasteiger partial charge in [0.2, 0.25) is 0 Å². The van der Waals surface area contributed by atoms with Crippen molar-refractivity contribution in [2.24, 2.45) is 0 Å². The molecule has 7 aromatic rings. The van der Waals surface area contributed by atoms with Crippen LogP contribution in [-0.4, -0.2) is 25.8 Å². The summed E-state index contributed by atoms with van der Waals surface area (Å²) in [5.41, 5.74) is 4.74. The van der Waals surface area contributed by atoms with Gasteiger partial charge in [-0.25, -0.2) is 0 Å². The molecule has 0 spiro atoms. The maximum atomic E-state index is 10.7. The Morgan fingerprint density at radius 3 is 1.46 bits per heavy atom. The van der Waals surface area contributed by atoms with E-state index < -0.39 is 11.2 Å². The molecule has 0 aliphatic rings. The summed E-state index contributed by atoms with van der Waals surface area (Å²) in [5.74, 6) is 1.35. The standard InChI is InChI=1S/C23H21NO3.C19H21NO3/c1-23(25,18-7-3-2-4-8-18)16-15-17-11-13-19(14-12-17)26-22-24-20-9-5-6-10-21(20)27-22;1-3-19(2,21)13-12-14-8-10-15(11-9-14)22-18-20-16-6-4-5-7-17(16)23-18/h2-14,25H,15-16H2,1H3;4-11,21H,3,12-13H2,1-2H3. The molecule has 256 valence electrons. The topological polar surface area (TPSA) is 111 Å².